The van der Waals surface area contributed by atoms with E-state index < -0.39 is 0 Å². The molecular weight excluding hydrogens is 176 g/mol. The van der Waals surface area contributed by atoms with Crippen molar-refractivity contribution in [3.8, 4) is 5.75 Å². The Kier molecular flexibility index (Phi) is 3.89. The third-order valence-corrected chi connectivity index (χ3v) is 2.57. The molecule has 0 aliphatic rings. The molecule has 0 saturated carbocycles. The second kappa shape index (κ2) is 4.96. The smallest absolute Gasteiger partial charge is 0.138 e. The average molecular weight is 194 g/mol. The number of rotatable bonds is 4. The maximum absolute atomic E-state index is 9.63. The molecule has 0 bridgehead atoms. The fourth-order valence-electron chi connectivity index (χ4n) is 1.68. The molecule has 1 heterocycles. The molecule has 1 rings (SSSR count). The van der Waals surface area contributed by atoms with E-state index in [1.165, 1.54) is 0 Å². The molecule has 0 aromatic carbocycles. The van der Waals surface area contributed by atoms with Crippen LogP contribution in [0.25, 0.3) is 0 Å². The van der Waals surface area contributed by atoms with E-state index in [2.05, 4.69) is 30.7 Å². The lowest BCUT2D eigenvalue weighted by Crippen LogP contribution is -2.27. The van der Waals surface area contributed by atoms with E-state index in [0.717, 1.165) is 18.8 Å². The summed E-state index contributed by atoms with van der Waals surface area (Å²) in [5, 5.41) is 9.63. The third kappa shape index (κ3) is 2.23. The van der Waals surface area contributed by atoms with Crippen LogP contribution in [0.2, 0.25) is 0 Å². The van der Waals surface area contributed by atoms with Crippen LogP contribution in [-0.4, -0.2) is 28.1 Å². The number of pyridine rings is 1. The van der Waals surface area contributed by atoms with Crippen molar-refractivity contribution in [1.82, 2.24) is 9.88 Å². The topological polar surface area (TPSA) is 36.4 Å². The standard InChI is InChI=1S/C11H18N2O/c1-4-13(5-2)9(3)11-10(14)7-6-8-12-11/h6-9,14H,4-5H2,1-3H3. The van der Waals surface area contributed by atoms with Crippen molar-refractivity contribution >= 4 is 0 Å². The zero-order valence-electron chi connectivity index (χ0n) is 9.07. The van der Waals surface area contributed by atoms with E-state index >= 15 is 0 Å². The molecule has 78 valence electrons. The minimum absolute atomic E-state index is 0.172. The summed E-state index contributed by atoms with van der Waals surface area (Å²) >= 11 is 0. The Balaban J connectivity index is 2.88. The van der Waals surface area contributed by atoms with Crippen LogP contribution in [0.4, 0.5) is 0 Å². The molecule has 3 nitrogen and oxygen atoms in total. The lowest BCUT2D eigenvalue weighted by atomic mass is 10.1. The van der Waals surface area contributed by atoms with Gasteiger partial charge < -0.3 is 5.11 Å². The van der Waals surface area contributed by atoms with Crippen molar-refractivity contribution in [3.63, 3.8) is 0 Å². The lowest BCUT2D eigenvalue weighted by Gasteiger charge is -2.26. The average Bonchev–Trinajstić information content (AvgIpc) is 2.20. The second-order valence-corrected chi connectivity index (χ2v) is 3.30. The van der Waals surface area contributed by atoms with Gasteiger partial charge in [-0.15, -0.1) is 0 Å². The molecule has 0 saturated heterocycles. The number of aromatic nitrogens is 1. The van der Waals surface area contributed by atoms with Crippen LogP contribution in [0, 0.1) is 0 Å². The predicted molar refractivity (Wildman–Crippen MR) is 57.2 cm³/mol. The highest BCUT2D eigenvalue weighted by atomic mass is 16.3. The van der Waals surface area contributed by atoms with Crippen molar-refractivity contribution in [3.05, 3.63) is 24.0 Å². The Morgan fingerprint density at radius 2 is 2.07 bits per heavy atom. The van der Waals surface area contributed by atoms with E-state index in [1.807, 2.05) is 0 Å². The molecule has 0 fully saturated rings. The molecule has 3 heteroatoms. The summed E-state index contributed by atoms with van der Waals surface area (Å²) in [4.78, 5) is 6.46. The van der Waals surface area contributed by atoms with Crippen molar-refractivity contribution in [2.45, 2.75) is 26.8 Å². The van der Waals surface area contributed by atoms with E-state index in [0.29, 0.717) is 0 Å². The Hall–Kier alpha value is -1.09. The van der Waals surface area contributed by atoms with Crippen molar-refractivity contribution in [2.75, 3.05) is 13.1 Å². The maximum Gasteiger partial charge on any atom is 0.138 e. The fraction of sp³-hybridized carbons (Fsp3) is 0.545. The normalized spacial score (nSPS) is 13.1. The summed E-state index contributed by atoms with van der Waals surface area (Å²) in [6, 6.07) is 3.60. The van der Waals surface area contributed by atoms with Gasteiger partial charge in [-0.2, -0.15) is 0 Å². The van der Waals surface area contributed by atoms with Gasteiger partial charge >= 0.3 is 0 Å². The first-order chi connectivity index (χ1) is 6.70. The SMILES string of the molecule is CCN(CC)C(C)c1ncccc1O. The van der Waals surface area contributed by atoms with Crippen LogP contribution in [0.3, 0.4) is 0 Å². The zero-order chi connectivity index (χ0) is 10.6. The monoisotopic (exact) mass is 194 g/mol. The Bertz CT molecular complexity index is 284. The van der Waals surface area contributed by atoms with Gasteiger partial charge in [0.15, 0.2) is 0 Å². The van der Waals surface area contributed by atoms with Crippen LogP contribution < -0.4 is 0 Å². The number of aromatic hydroxyl groups is 1. The van der Waals surface area contributed by atoms with Gasteiger partial charge in [-0.05, 0) is 32.1 Å². The quantitative estimate of drug-likeness (QED) is 0.798. The summed E-state index contributed by atoms with van der Waals surface area (Å²) in [5.41, 5.74) is 0.760. The summed E-state index contributed by atoms with van der Waals surface area (Å²) in [7, 11) is 0. The van der Waals surface area contributed by atoms with Gasteiger partial charge in [0.1, 0.15) is 5.75 Å². The van der Waals surface area contributed by atoms with E-state index in [1.54, 1.807) is 18.3 Å². The highest BCUT2D eigenvalue weighted by Gasteiger charge is 2.16. The Morgan fingerprint density at radius 1 is 1.43 bits per heavy atom. The van der Waals surface area contributed by atoms with Crippen molar-refractivity contribution in [2.24, 2.45) is 0 Å². The van der Waals surface area contributed by atoms with Crippen molar-refractivity contribution < 1.29 is 5.11 Å². The van der Waals surface area contributed by atoms with Crippen LogP contribution in [-0.2, 0) is 0 Å². The largest absolute Gasteiger partial charge is 0.506 e. The van der Waals surface area contributed by atoms with Gasteiger partial charge in [0.05, 0.1) is 11.7 Å². The molecule has 14 heavy (non-hydrogen) atoms. The summed E-state index contributed by atoms with van der Waals surface area (Å²) in [6.07, 6.45) is 1.72. The summed E-state index contributed by atoms with van der Waals surface area (Å²) in [6.45, 7) is 8.22. The van der Waals surface area contributed by atoms with Gasteiger partial charge in [-0.1, -0.05) is 13.8 Å². The van der Waals surface area contributed by atoms with E-state index in [9.17, 15) is 5.11 Å². The first kappa shape index (κ1) is 11.0. The van der Waals surface area contributed by atoms with Gasteiger partial charge in [-0.3, -0.25) is 9.88 Å². The molecule has 0 aliphatic carbocycles. The molecule has 1 N–H and O–H groups in total. The maximum atomic E-state index is 9.63. The van der Waals surface area contributed by atoms with E-state index in [-0.39, 0.29) is 11.8 Å². The zero-order valence-corrected chi connectivity index (χ0v) is 9.07. The molecule has 0 radical (unpaired) electrons. The van der Waals surface area contributed by atoms with E-state index in [4.69, 9.17) is 0 Å². The lowest BCUT2D eigenvalue weighted by molar-refractivity contribution is 0.225. The van der Waals surface area contributed by atoms with Crippen LogP contribution in [0.5, 0.6) is 5.75 Å². The van der Waals surface area contributed by atoms with Crippen LogP contribution >= 0.6 is 0 Å². The number of hydrogen-bond donors (Lipinski definition) is 1. The molecule has 1 unspecified atom stereocenters. The van der Waals surface area contributed by atoms with Gasteiger partial charge in [0.2, 0.25) is 0 Å². The summed E-state index contributed by atoms with van der Waals surface area (Å²) in [5.74, 6) is 0.284. The van der Waals surface area contributed by atoms with Crippen LogP contribution in [0.15, 0.2) is 18.3 Å². The molecule has 1 aromatic rings. The third-order valence-electron chi connectivity index (χ3n) is 2.57. The predicted octanol–water partition coefficient (Wildman–Crippen LogP) is 2.19. The molecule has 0 spiro atoms. The number of nitrogens with zero attached hydrogens (tertiary/aromatic N) is 2. The first-order valence-electron chi connectivity index (χ1n) is 5.08. The Labute approximate surface area is 85.4 Å². The summed E-state index contributed by atoms with van der Waals surface area (Å²) < 4.78 is 0. The molecular formula is C11H18N2O. The highest BCUT2D eigenvalue weighted by molar-refractivity contribution is 5.27. The molecule has 1 aromatic heterocycles. The molecule has 0 amide bonds. The fourth-order valence-corrected chi connectivity index (χ4v) is 1.68. The Morgan fingerprint density at radius 3 is 2.57 bits per heavy atom. The van der Waals surface area contributed by atoms with Crippen LogP contribution in [0.1, 0.15) is 32.5 Å². The van der Waals surface area contributed by atoms with Crippen molar-refractivity contribution in [1.29, 1.82) is 0 Å². The van der Waals surface area contributed by atoms with Gasteiger partial charge in [-0.25, -0.2) is 0 Å². The van der Waals surface area contributed by atoms with Gasteiger partial charge in [0.25, 0.3) is 0 Å². The minimum atomic E-state index is 0.172. The highest BCUT2D eigenvalue weighted by Crippen LogP contribution is 2.25. The molecule has 0 aliphatic heterocycles. The second-order valence-electron chi connectivity index (χ2n) is 3.30. The number of hydrogen-bond acceptors (Lipinski definition) is 3. The molecule has 1 atom stereocenters. The van der Waals surface area contributed by atoms with Gasteiger partial charge in [0, 0.05) is 6.20 Å². The first-order valence-corrected chi connectivity index (χ1v) is 5.08. The minimum Gasteiger partial charge on any atom is -0.506 e.